The van der Waals surface area contributed by atoms with Crippen molar-refractivity contribution in [1.82, 2.24) is 0 Å². The molecule has 0 aromatic rings. The fourth-order valence-electron chi connectivity index (χ4n) is 5.64. The molecule has 53 heavy (non-hydrogen) atoms. The second-order valence-electron chi connectivity index (χ2n) is 13.5. The Balaban J connectivity index is 2.42. The van der Waals surface area contributed by atoms with Gasteiger partial charge in [0.05, 0.1) is 12.7 Å². The lowest BCUT2D eigenvalue weighted by molar-refractivity contribution is -0.301. The van der Waals surface area contributed by atoms with Gasteiger partial charge in [0.15, 0.2) is 12.4 Å². The van der Waals surface area contributed by atoms with Crippen molar-refractivity contribution in [3.63, 3.8) is 0 Å². The number of esters is 2. The minimum atomic E-state index is -1.49. The molecule has 0 aromatic carbocycles. The van der Waals surface area contributed by atoms with Crippen molar-refractivity contribution in [3.05, 3.63) is 72.9 Å². The predicted octanol–water partition coefficient (Wildman–Crippen LogP) is 9.07. The van der Waals surface area contributed by atoms with Gasteiger partial charge in [0.25, 0.3) is 0 Å². The third-order valence-electron chi connectivity index (χ3n) is 8.81. The quantitative estimate of drug-likeness (QED) is 0.0361. The van der Waals surface area contributed by atoms with E-state index in [0.717, 1.165) is 96.3 Å². The third-order valence-corrected chi connectivity index (χ3v) is 8.81. The van der Waals surface area contributed by atoms with Crippen molar-refractivity contribution >= 4 is 11.9 Å². The minimum absolute atomic E-state index is 0.194. The van der Waals surface area contributed by atoms with Gasteiger partial charge in [0.1, 0.15) is 24.9 Å². The Bertz CT molecular complexity index is 1090. The van der Waals surface area contributed by atoms with Crippen LogP contribution in [0.2, 0.25) is 0 Å². The average molecular weight is 745 g/mol. The van der Waals surface area contributed by atoms with E-state index in [1.807, 2.05) is 0 Å². The number of rotatable bonds is 31. The largest absolute Gasteiger partial charge is 0.462 e. The summed E-state index contributed by atoms with van der Waals surface area (Å²) >= 11 is 0. The van der Waals surface area contributed by atoms with Crippen molar-refractivity contribution < 1.29 is 43.9 Å². The van der Waals surface area contributed by atoms with E-state index in [1.54, 1.807) is 6.92 Å². The van der Waals surface area contributed by atoms with E-state index in [9.17, 15) is 24.9 Å². The Labute approximate surface area is 320 Å². The molecular weight excluding hydrogens is 672 g/mol. The SMILES string of the molecule is CC/C=C\C/C=C\C/C=C\CCCCCCCC(=O)OCC(COC1OC(CC)C(O)C(O)C1O)OC(=O)CCCCC/C=C\C/C=C\C/C=C\CC. The maximum Gasteiger partial charge on any atom is 0.306 e. The molecule has 302 valence electrons. The molecule has 0 bridgehead atoms. The normalized spacial score (nSPS) is 21.7. The number of aliphatic hydroxyl groups is 3. The molecular formula is C44H72O9. The van der Waals surface area contributed by atoms with E-state index < -0.39 is 42.8 Å². The number of hydrogen-bond acceptors (Lipinski definition) is 9. The summed E-state index contributed by atoms with van der Waals surface area (Å²) in [7, 11) is 0. The summed E-state index contributed by atoms with van der Waals surface area (Å²) < 4.78 is 22.5. The first-order valence-electron chi connectivity index (χ1n) is 20.4. The fraction of sp³-hybridized carbons (Fsp3) is 0.682. The molecule has 1 fully saturated rings. The molecule has 0 spiro atoms. The number of carbonyl (C=O) groups excluding carboxylic acids is 2. The van der Waals surface area contributed by atoms with Gasteiger partial charge in [-0.1, -0.05) is 119 Å². The van der Waals surface area contributed by atoms with Crippen molar-refractivity contribution in [2.75, 3.05) is 13.2 Å². The maximum absolute atomic E-state index is 12.7. The van der Waals surface area contributed by atoms with E-state index in [2.05, 4.69) is 86.8 Å². The molecule has 0 aromatic heterocycles. The summed E-state index contributed by atoms with van der Waals surface area (Å²) in [6.45, 7) is 5.64. The van der Waals surface area contributed by atoms with Crippen LogP contribution in [0.1, 0.15) is 143 Å². The third kappa shape index (κ3) is 25.8. The Morgan fingerprint density at radius 1 is 0.566 bits per heavy atom. The first kappa shape index (κ1) is 48.2. The van der Waals surface area contributed by atoms with Gasteiger partial charge in [-0.15, -0.1) is 0 Å². The molecule has 0 radical (unpaired) electrons. The van der Waals surface area contributed by atoms with Crippen LogP contribution in [0.25, 0.3) is 0 Å². The minimum Gasteiger partial charge on any atom is -0.462 e. The van der Waals surface area contributed by atoms with Gasteiger partial charge in [0.2, 0.25) is 0 Å². The molecule has 1 saturated heterocycles. The van der Waals surface area contributed by atoms with Crippen LogP contribution in [0.5, 0.6) is 0 Å². The highest BCUT2D eigenvalue weighted by Crippen LogP contribution is 2.24. The van der Waals surface area contributed by atoms with Gasteiger partial charge in [-0.25, -0.2) is 0 Å². The van der Waals surface area contributed by atoms with E-state index in [0.29, 0.717) is 12.8 Å². The van der Waals surface area contributed by atoms with Gasteiger partial charge in [-0.2, -0.15) is 0 Å². The van der Waals surface area contributed by atoms with Crippen molar-refractivity contribution in [1.29, 1.82) is 0 Å². The fourth-order valence-corrected chi connectivity index (χ4v) is 5.64. The van der Waals surface area contributed by atoms with Crippen LogP contribution in [0.3, 0.4) is 0 Å². The van der Waals surface area contributed by atoms with Crippen LogP contribution in [0.15, 0.2) is 72.9 Å². The Morgan fingerprint density at radius 3 is 1.58 bits per heavy atom. The van der Waals surface area contributed by atoms with E-state index in [-0.39, 0.29) is 32.0 Å². The van der Waals surface area contributed by atoms with Crippen LogP contribution < -0.4 is 0 Å². The number of allylic oxidation sites excluding steroid dienone is 12. The van der Waals surface area contributed by atoms with Gasteiger partial charge < -0.3 is 34.3 Å². The van der Waals surface area contributed by atoms with Crippen LogP contribution >= 0.6 is 0 Å². The standard InChI is InChI=1S/C44H72O9/c1-4-7-9-11-13-15-17-19-20-22-23-25-27-29-31-33-39(45)50-35-37(36-51-44-43(49)42(48)41(47)38(6-3)53-44)52-40(46)34-32-30-28-26-24-21-18-16-14-12-10-8-5-2/h7-10,13-16,19-21,24,37-38,41-44,47-49H,4-6,11-12,17-18,22-23,25-36H2,1-3H3/b9-7-,10-8-,15-13-,16-14-,20-19-,24-21-. The van der Waals surface area contributed by atoms with Gasteiger partial charge >= 0.3 is 11.9 Å². The predicted molar refractivity (Wildman–Crippen MR) is 213 cm³/mol. The number of carbonyl (C=O) groups is 2. The van der Waals surface area contributed by atoms with Crippen LogP contribution in [-0.2, 0) is 28.5 Å². The summed E-state index contributed by atoms with van der Waals surface area (Å²) in [5.41, 5.74) is 0. The first-order chi connectivity index (χ1) is 25.8. The number of ether oxygens (including phenoxy) is 4. The lowest BCUT2D eigenvalue weighted by atomic mass is 9.97. The Morgan fingerprint density at radius 2 is 1.04 bits per heavy atom. The molecule has 9 heteroatoms. The molecule has 1 rings (SSSR count). The van der Waals surface area contributed by atoms with Crippen molar-refractivity contribution in [3.8, 4) is 0 Å². The molecule has 0 amide bonds. The van der Waals surface area contributed by atoms with E-state index in [4.69, 9.17) is 18.9 Å². The van der Waals surface area contributed by atoms with Crippen LogP contribution in [0, 0.1) is 0 Å². The zero-order chi connectivity index (χ0) is 38.8. The van der Waals surface area contributed by atoms with Gasteiger partial charge in [-0.3, -0.25) is 9.59 Å². The summed E-state index contributed by atoms with van der Waals surface area (Å²) in [5.74, 6) is -0.798. The lowest BCUT2D eigenvalue weighted by Gasteiger charge is -2.40. The highest BCUT2D eigenvalue weighted by molar-refractivity contribution is 5.70. The molecule has 1 aliphatic rings. The monoisotopic (exact) mass is 745 g/mol. The second kappa shape index (κ2) is 33.7. The molecule has 3 N–H and O–H groups in total. The number of unbranched alkanes of at least 4 members (excludes halogenated alkanes) is 8. The highest BCUT2D eigenvalue weighted by atomic mass is 16.7. The number of aliphatic hydroxyl groups excluding tert-OH is 3. The summed E-state index contributed by atoms with van der Waals surface area (Å²) in [5, 5.41) is 30.8. The number of hydrogen-bond donors (Lipinski definition) is 3. The second-order valence-corrected chi connectivity index (χ2v) is 13.5. The highest BCUT2D eigenvalue weighted by Gasteiger charge is 2.43. The summed E-state index contributed by atoms with van der Waals surface area (Å²) in [6, 6.07) is 0. The Kier molecular flexibility index (Phi) is 30.7. The van der Waals surface area contributed by atoms with Gasteiger partial charge in [-0.05, 0) is 83.5 Å². The first-order valence-corrected chi connectivity index (χ1v) is 20.4. The topological polar surface area (TPSA) is 132 Å². The summed E-state index contributed by atoms with van der Waals surface area (Å²) in [6.07, 6.45) is 35.4. The lowest BCUT2D eigenvalue weighted by Crippen LogP contribution is -2.58. The smallest absolute Gasteiger partial charge is 0.306 e. The average Bonchev–Trinajstić information content (AvgIpc) is 3.15. The molecule has 0 aliphatic carbocycles. The zero-order valence-electron chi connectivity index (χ0n) is 33.0. The maximum atomic E-state index is 12.7. The molecule has 0 saturated carbocycles. The molecule has 6 unspecified atom stereocenters. The molecule has 1 heterocycles. The van der Waals surface area contributed by atoms with Crippen molar-refractivity contribution in [2.45, 2.75) is 180 Å². The van der Waals surface area contributed by atoms with Gasteiger partial charge in [0, 0.05) is 12.8 Å². The summed E-state index contributed by atoms with van der Waals surface area (Å²) in [4.78, 5) is 25.3. The zero-order valence-corrected chi connectivity index (χ0v) is 33.0. The van der Waals surface area contributed by atoms with Crippen molar-refractivity contribution in [2.24, 2.45) is 0 Å². The van der Waals surface area contributed by atoms with Crippen LogP contribution in [0.4, 0.5) is 0 Å². The molecule has 9 nitrogen and oxygen atoms in total. The molecule has 6 atom stereocenters. The van der Waals surface area contributed by atoms with Crippen LogP contribution in [-0.4, -0.2) is 77.3 Å². The van der Waals surface area contributed by atoms with E-state index >= 15 is 0 Å². The molecule has 1 aliphatic heterocycles. The van der Waals surface area contributed by atoms with E-state index in [1.165, 1.54) is 0 Å². The Hall–Kier alpha value is -2.82.